The number of hydrogen-bond donors (Lipinski definition) is 1. The minimum absolute atomic E-state index is 0.155. The summed E-state index contributed by atoms with van der Waals surface area (Å²) >= 11 is 0. The molecule has 2 aromatic carbocycles. The first-order valence-electron chi connectivity index (χ1n) is 7.55. The van der Waals surface area contributed by atoms with E-state index in [2.05, 4.69) is 15.3 Å². The standard InChI is InChI=1S/C19H16FN3O/c1-13-19(21-12-17(22-13)15-5-3-2-4-6-15)23-18(24)11-14-7-9-16(20)10-8-14/h2-10,12H,11H2,1H3,(H,21,23,24). The van der Waals surface area contributed by atoms with Gasteiger partial charge in [0.25, 0.3) is 0 Å². The van der Waals surface area contributed by atoms with E-state index in [1.165, 1.54) is 12.1 Å². The second kappa shape index (κ2) is 7.00. The van der Waals surface area contributed by atoms with Crippen molar-refractivity contribution in [2.45, 2.75) is 13.3 Å². The van der Waals surface area contributed by atoms with Gasteiger partial charge in [-0.3, -0.25) is 4.79 Å². The molecule has 0 saturated carbocycles. The van der Waals surface area contributed by atoms with Crippen LogP contribution in [-0.2, 0) is 11.2 Å². The second-order valence-corrected chi connectivity index (χ2v) is 5.41. The Balaban J connectivity index is 1.71. The molecule has 1 heterocycles. The van der Waals surface area contributed by atoms with Crippen LogP contribution in [0.4, 0.5) is 10.2 Å². The summed E-state index contributed by atoms with van der Waals surface area (Å²) in [6.07, 6.45) is 1.79. The Kier molecular flexibility index (Phi) is 4.61. The van der Waals surface area contributed by atoms with E-state index in [0.29, 0.717) is 11.5 Å². The molecule has 0 spiro atoms. The average Bonchev–Trinajstić information content (AvgIpc) is 2.59. The molecule has 3 aromatic rings. The Morgan fingerprint density at radius 2 is 1.79 bits per heavy atom. The number of anilines is 1. The van der Waals surface area contributed by atoms with Gasteiger partial charge in [-0.15, -0.1) is 0 Å². The number of halogens is 1. The molecule has 4 nitrogen and oxygen atoms in total. The van der Waals surface area contributed by atoms with Gasteiger partial charge in [-0.05, 0) is 24.6 Å². The Labute approximate surface area is 139 Å². The number of aromatic nitrogens is 2. The molecule has 0 unspecified atom stereocenters. The highest BCUT2D eigenvalue weighted by molar-refractivity contribution is 5.91. The Hall–Kier alpha value is -3.08. The molecule has 0 aliphatic carbocycles. The van der Waals surface area contributed by atoms with E-state index in [1.807, 2.05) is 30.3 Å². The number of carbonyl (C=O) groups is 1. The van der Waals surface area contributed by atoms with Gasteiger partial charge in [-0.25, -0.2) is 14.4 Å². The maximum absolute atomic E-state index is 12.9. The Bertz CT molecular complexity index is 848. The maximum Gasteiger partial charge on any atom is 0.229 e. The molecule has 0 radical (unpaired) electrons. The number of nitrogens with one attached hydrogen (secondary N) is 1. The first kappa shape index (κ1) is 15.8. The van der Waals surface area contributed by atoms with Crippen LogP contribution in [0.5, 0.6) is 0 Å². The molecular weight excluding hydrogens is 305 g/mol. The van der Waals surface area contributed by atoms with Crippen molar-refractivity contribution in [1.29, 1.82) is 0 Å². The SMILES string of the molecule is Cc1nc(-c2ccccc2)cnc1NC(=O)Cc1ccc(F)cc1. The lowest BCUT2D eigenvalue weighted by Gasteiger charge is -2.09. The first-order valence-corrected chi connectivity index (χ1v) is 7.55. The number of carbonyl (C=O) groups excluding carboxylic acids is 1. The third-order valence-electron chi connectivity index (χ3n) is 3.55. The molecule has 3 rings (SSSR count). The lowest BCUT2D eigenvalue weighted by atomic mass is 10.1. The zero-order valence-electron chi connectivity index (χ0n) is 13.2. The van der Waals surface area contributed by atoms with E-state index in [-0.39, 0.29) is 18.1 Å². The van der Waals surface area contributed by atoms with Crippen LogP contribution >= 0.6 is 0 Å². The van der Waals surface area contributed by atoms with Crippen LogP contribution in [0.25, 0.3) is 11.3 Å². The summed E-state index contributed by atoms with van der Waals surface area (Å²) in [5.41, 5.74) is 3.10. The maximum atomic E-state index is 12.9. The largest absolute Gasteiger partial charge is 0.309 e. The zero-order chi connectivity index (χ0) is 16.9. The van der Waals surface area contributed by atoms with Crippen LogP contribution in [0.15, 0.2) is 60.8 Å². The molecule has 0 bridgehead atoms. The van der Waals surface area contributed by atoms with Crippen LogP contribution in [0.3, 0.4) is 0 Å². The summed E-state index contributed by atoms with van der Waals surface area (Å²) in [4.78, 5) is 20.9. The van der Waals surface area contributed by atoms with Crippen LogP contribution < -0.4 is 5.32 Å². The van der Waals surface area contributed by atoms with Gasteiger partial charge >= 0.3 is 0 Å². The molecule has 120 valence electrons. The second-order valence-electron chi connectivity index (χ2n) is 5.41. The minimum atomic E-state index is -0.322. The van der Waals surface area contributed by atoms with Crippen molar-refractivity contribution in [1.82, 2.24) is 9.97 Å². The number of hydrogen-bond acceptors (Lipinski definition) is 3. The summed E-state index contributed by atoms with van der Waals surface area (Å²) in [6.45, 7) is 1.80. The number of benzene rings is 2. The quantitative estimate of drug-likeness (QED) is 0.796. The van der Waals surface area contributed by atoms with E-state index >= 15 is 0 Å². The van der Waals surface area contributed by atoms with Crippen molar-refractivity contribution in [2.24, 2.45) is 0 Å². The number of rotatable bonds is 4. The van der Waals surface area contributed by atoms with E-state index in [9.17, 15) is 9.18 Å². The zero-order valence-corrected chi connectivity index (χ0v) is 13.2. The number of nitrogens with zero attached hydrogens (tertiary/aromatic N) is 2. The van der Waals surface area contributed by atoms with Gasteiger partial charge in [-0.2, -0.15) is 0 Å². The molecular formula is C19H16FN3O. The Morgan fingerprint density at radius 3 is 2.46 bits per heavy atom. The fourth-order valence-electron chi connectivity index (χ4n) is 2.32. The molecule has 1 amide bonds. The lowest BCUT2D eigenvalue weighted by molar-refractivity contribution is -0.115. The fourth-order valence-corrected chi connectivity index (χ4v) is 2.32. The third-order valence-corrected chi connectivity index (χ3v) is 3.55. The van der Waals surface area contributed by atoms with E-state index in [0.717, 1.165) is 16.8 Å². The number of aryl methyl sites for hydroxylation is 1. The topological polar surface area (TPSA) is 54.9 Å². The van der Waals surface area contributed by atoms with Crippen LogP contribution in [0, 0.1) is 12.7 Å². The van der Waals surface area contributed by atoms with Crippen molar-refractivity contribution >= 4 is 11.7 Å². The summed E-state index contributed by atoms with van der Waals surface area (Å²) in [5.74, 6) is -0.106. The number of amides is 1. The molecule has 1 aromatic heterocycles. The van der Waals surface area contributed by atoms with Crippen molar-refractivity contribution in [3.8, 4) is 11.3 Å². The molecule has 1 N–H and O–H groups in total. The van der Waals surface area contributed by atoms with E-state index < -0.39 is 0 Å². The first-order chi connectivity index (χ1) is 11.6. The van der Waals surface area contributed by atoms with Crippen LogP contribution in [0.2, 0.25) is 0 Å². The monoisotopic (exact) mass is 321 g/mol. The van der Waals surface area contributed by atoms with Crippen LogP contribution in [-0.4, -0.2) is 15.9 Å². The van der Waals surface area contributed by atoms with Crippen molar-refractivity contribution in [2.75, 3.05) is 5.32 Å². The van der Waals surface area contributed by atoms with Crippen molar-refractivity contribution < 1.29 is 9.18 Å². The summed E-state index contributed by atoms with van der Waals surface area (Å²) in [6, 6.07) is 15.6. The van der Waals surface area contributed by atoms with Gasteiger partial charge < -0.3 is 5.32 Å². The third kappa shape index (κ3) is 3.81. The molecule has 24 heavy (non-hydrogen) atoms. The Morgan fingerprint density at radius 1 is 1.08 bits per heavy atom. The molecule has 0 aliphatic heterocycles. The lowest BCUT2D eigenvalue weighted by Crippen LogP contribution is -2.16. The van der Waals surface area contributed by atoms with Gasteiger partial charge in [0.2, 0.25) is 5.91 Å². The van der Waals surface area contributed by atoms with Gasteiger partial charge in [0, 0.05) is 5.56 Å². The highest BCUT2D eigenvalue weighted by Crippen LogP contribution is 2.18. The van der Waals surface area contributed by atoms with Gasteiger partial charge in [0.15, 0.2) is 5.82 Å². The van der Waals surface area contributed by atoms with Gasteiger partial charge in [-0.1, -0.05) is 42.5 Å². The molecule has 0 atom stereocenters. The smallest absolute Gasteiger partial charge is 0.229 e. The molecule has 0 saturated heterocycles. The van der Waals surface area contributed by atoms with Gasteiger partial charge in [0.1, 0.15) is 5.82 Å². The summed E-state index contributed by atoms with van der Waals surface area (Å²) in [5, 5.41) is 2.75. The van der Waals surface area contributed by atoms with E-state index in [1.54, 1.807) is 25.3 Å². The normalized spacial score (nSPS) is 10.4. The predicted octanol–water partition coefficient (Wildman–Crippen LogP) is 3.77. The predicted molar refractivity (Wildman–Crippen MR) is 90.9 cm³/mol. The molecule has 5 heteroatoms. The fraction of sp³-hybridized carbons (Fsp3) is 0.105. The highest BCUT2D eigenvalue weighted by atomic mass is 19.1. The van der Waals surface area contributed by atoms with Crippen LogP contribution in [0.1, 0.15) is 11.3 Å². The molecule has 0 fully saturated rings. The summed E-state index contributed by atoms with van der Waals surface area (Å²) in [7, 11) is 0. The average molecular weight is 321 g/mol. The highest BCUT2D eigenvalue weighted by Gasteiger charge is 2.10. The van der Waals surface area contributed by atoms with Crippen molar-refractivity contribution in [3.63, 3.8) is 0 Å². The van der Waals surface area contributed by atoms with E-state index in [4.69, 9.17) is 0 Å². The minimum Gasteiger partial charge on any atom is -0.309 e. The van der Waals surface area contributed by atoms with Gasteiger partial charge in [0.05, 0.1) is 24.0 Å². The van der Waals surface area contributed by atoms with Crippen molar-refractivity contribution in [3.05, 3.63) is 77.9 Å². The summed E-state index contributed by atoms with van der Waals surface area (Å²) < 4.78 is 12.9. The molecule has 0 aliphatic rings.